The molecule has 4 atom stereocenters. The van der Waals surface area contributed by atoms with Gasteiger partial charge in [-0.3, -0.25) is 4.79 Å². The molecule has 0 bridgehead atoms. The highest BCUT2D eigenvalue weighted by Crippen LogP contribution is 2.53. The predicted molar refractivity (Wildman–Crippen MR) is 62.5 cm³/mol. The summed E-state index contributed by atoms with van der Waals surface area (Å²) in [5.41, 5.74) is 1.45. The Morgan fingerprint density at radius 1 is 1.27 bits per heavy atom. The zero-order valence-corrected chi connectivity index (χ0v) is 10.1. The van der Waals surface area contributed by atoms with E-state index in [2.05, 4.69) is 19.9 Å². The van der Waals surface area contributed by atoms with Crippen LogP contribution in [0.25, 0.3) is 0 Å². The Balaban J connectivity index is 2.24. The molecule has 0 amide bonds. The molecular formula is C14H22O. The van der Waals surface area contributed by atoms with Crippen molar-refractivity contribution in [2.75, 3.05) is 0 Å². The fourth-order valence-corrected chi connectivity index (χ4v) is 3.87. The minimum absolute atomic E-state index is 0.330. The molecule has 2 aliphatic carbocycles. The molecule has 0 spiro atoms. The highest BCUT2D eigenvalue weighted by atomic mass is 16.1. The summed E-state index contributed by atoms with van der Waals surface area (Å²) in [6, 6.07) is 0. The average molecular weight is 206 g/mol. The molecule has 0 radical (unpaired) electrons. The second-order valence-electron chi connectivity index (χ2n) is 5.37. The van der Waals surface area contributed by atoms with E-state index in [0.717, 1.165) is 18.3 Å². The second kappa shape index (κ2) is 4.11. The topological polar surface area (TPSA) is 17.1 Å². The van der Waals surface area contributed by atoms with E-state index in [1.54, 1.807) is 6.92 Å². The lowest BCUT2D eigenvalue weighted by atomic mass is 9.81. The van der Waals surface area contributed by atoms with Gasteiger partial charge in [0.15, 0.2) is 0 Å². The molecule has 0 N–H and O–H groups in total. The minimum Gasteiger partial charge on any atom is -0.300 e. The number of fused-ring (bicyclic) bond motifs is 1. The summed E-state index contributed by atoms with van der Waals surface area (Å²) in [6.45, 7) is 6.10. The van der Waals surface area contributed by atoms with Gasteiger partial charge in [0.2, 0.25) is 0 Å². The van der Waals surface area contributed by atoms with E-state index in [4.69, 9.17) is 0 Å². The SMILES string of the molecule is C/C=C(\C)[C@H]1C2CCCC2C[C@@H]1C(C)=O. The molecule has 0 saturated heterocycles. The van der Waals surface area contributed by atoms with Crippen LogP contribution in [0.4, 0.5) is 0 Å². The number of hydrogen-bond donors (Lipinski definition) is 0. The van der Waals surface area contributed by atoms with Gasteiger partial charge < -0.3 is 0 Å². The van der Waals surface area contributed by atoms with Crippen molar-refractivity contribution >= 4 is 5.78 Å². The number of carbonyl (C=O) groups excluding carboxylic acids is 1. The van der Waals surface area contributed by atoms with Gasteiger partial charge in [-0.15, -0.1) is 0 Å². The molecule has 0 aliphatic heterocycles. The fourth-order valence-electron chi connectivity index (χ4n) is 3.87. The molecule has 0 heterocycles. The quantitative estimate of drug-likeness (QED) is 0.631. The standard InChI is InChI=1S/C14H22O/c1-4-9(2)14-12-7-5-6-11(12)8-13(14)10(3)15/h4,11-14H,5-8H2,1-3H3/b9-4+/t11?,12?,13-,14+/m1/s1. The smallest absolute Gasteiger partial charge is 0.133 e. The number of ketones is 1. The lowest BCUT2D eigenvalue weighted by molar-refractivity contribution is -0.121. The summed E-state index contributed by atoms with van der Waals surface area (Å²) in [6.07, 6.45) is 7.47. The average Bonchev–Trinajstić information content (AvgIpc) is 2.74. The third-order valence-electron chi connectivity index (χ3n) is 4.67. The molecule has 2 saturated carbocycles. The van der Waals surface area contributed by atoms with E-state index < -0.39 is 0 Å². The monoisotopic (exact) mass is 206 g/mol. The van der Waals surface area contributed by atoms with Crippen LogP contribution in [-0.2, 0) is 4.79 Å². The van der Waals surface area contributed by atoms with Crippen molar-refractivity contribution in [1.29, 1.82) is 0 Å². The van der Waals surface area contributed by atoms with Crippen LogP contribution in [0.3, 0.4) is 0 Å². The maximum absolute atomic E-state index is 11.7. The molecule has 2 fully saturated rings. The van der Waals surface area contributed by atoms with Crippen molar-refractivity contribution in [2.45, 2.75) is 46.5 Å². The highest BCUT2D eigenvalue weighted by molar-refractivity contribution is 5.79. The van der Waals surface area contributed by atoms with E-state index in [1.165, 1.54) is 24.8 Å². The summed E-state index contributed by atoms with van der Waals surface area (Å²) in [4.78, 5) is 11.7. The summed E-state index contributed by atoms with van der Waals surface area (Å²) < 4.78 is 0. The van der Waals surface area contributed by atoms with E-state index in [-0.39, 0.29) is 0 Å². The van der Waals surface area contributed by atoms with Gasteiger partial charge in [-0.2, -0.15) is 0 Å². The third kappa shape index (κ3) is 1.77. The zero-order chi connectivity index (χ0) is 11.0. The van der Waals surface area contributed by atoms with Crippen LogP contribution in [0.5, 0.6) is 0 Å². The van der Waals surface area contributed by atoms with Crippen LogP contribution in [-0.4, -0.2) is 5.78 Å². The maximum Gasteiger partial charge on any atom is 0.133 e. The summed E-state index contributed by atoms with van der Waals surface area (Å²) >= 11 is 0. The normalized spacial score (nSPS) is 40.6. The number of rotatable bonds is 2. The first-order valence-electron chi connectivity index (χ1n) is 6.28. The van der Waals surface area contributed by atoms with E-state index in [1.807, 2.05) is 0 Å². The van der Waals surface area contributed by atoms with Crippen LogP contribution >= 0.6 is 0 Å². The van der Waals surface area contributed by atoms with Gasteiger partial charge in [0.05, 0.1) is 0 Å². The fraction of sp³-hybridized carbons (Fsp3) is 0.786. The Kier molecular flexibility index (Phi) is 2.99. The van der Waals surface area contributed by atoms with E-state index in [0.29, 0.717) is 17.6 Å². The molecule has 1 nitrogen and oxygen atoms in total. The first-order chi connectivity index (χ1) is 7.15. The molecule has 0 aromatic heterocycles. The van der Waals surface area contributed by atoms with Crippen molar-refractivity contribution in [3.8, 4) is 0 Å². The second-order valence-corrected chi connectivity index (χ2v) is 5.37. The molecule has 2 unspecified atom stereocenters. The highest BCUT2D eigenvalue weighted by Gasteiger charge is 2.47. The van der Waals surface area contributed by atoms with Crippen molar-refractivity contribution in [2.24, 2.45) is 23.7 Å². The van der Waals surface area contributed by atoms with Crippen molar-refractivity contribution in [3.05, 3.63) is 11.6 Å². The molecule has 2 aliphatic rings. The largest absolute Gasteiger partial charge is 0.300 e. The van der Waals surface area contributed by atoms with Crippen LogP contribution in [0.15, 0.2) is 11.6 Å². The molecule has 15 heavy (non-hydrogen) atoms. The first-order valence-corrected chi connectivity index (χ1v) is 6.28. The van der Waals surface area contributed by atoms with Crippen LogP contribution < -0.4 is 0 Å². The maximum atomic E-state index is 11.7. The molecular weight excluding hydrogens is 184 g/mol. The lowest BCUT2D eigenvalue weighted by Gasteiger charge is -2.23. The van der Waals surface area contributed by atoms with Gasteiger partial charge in [-0.25, -0.2) is 0 Å². The number of Topliss-reactive ketones (excluding diaryl/α,β-unsaturated/α-hetero) is 1. The molecule has 1 heteroatoms. The minimum atomic E-state index is 0.330. The third-order valence-corrected chi connectivity index (χ3v) is 4.67. The van der Waals surface area contributed by atoms with Crippen LogP contribution in [0.2, 0.25) is 0 Å². The van der Waals surface area contributed by atoms with Gasteiger partial charge in [0.25, 0.3) is 0 Å². The molecule has 0 aromatic carbocycles. The summed E-state index contributed by atoms with van der Waals surface area (Å²) in [5.74, 6) is 2.97. The number of allylic oxidation sites excluding steroid dienone is 2. The first kappa shape index (κ1) is 10.9. The predicted octanol–water partition coefficient (Wildman–Crippen LogP) is 3.59. The van der Waals surface area contributed by atoms with Crippen LogP contribution in [0, 0.1) is 23.7 Å². The van der Waals surface area contributed by atoms with Crippen molar-refractivity contribution < 1.29 is 4.79 Å². The van der Waals surface area contributed by atoms with Gasteiger partial charge in [0.1, 0.15) is 5.78 Å². The Hall–Kier alpha value is -0.590. The van der Waals surface area contributed by atoms with Crippen LogP contribution in [0.1, 0.15) is 46.5 Å². The van der Waals surface area contributed by atoms with Crippen molar-refractivity contribution in [1.82, 2.24) is 0 Å². The molecule has 2 rings (SSSR count). The Labute approximate surface area is 92.9 Å². The Morgan fingerprint density at radius 2 is 2.00 bits per heavy atom. The number of hydrogen-bond acceptors (Lipinski definition) is 1. The molecule has 0 aromatic rings. The Morgan fingerprint density at radius 3 is 2.60 bits per heavy atom. The van der Waals surface area contributed by atoms with Gasteiger partial charge in [-0.05, 0) is 51.4 Å². The summed E-state index contributed by atoms with van der Waals surface area (Å²) in [7, 11) is 0. The zero-order valence-electron chi connectivity index (χ0n) is 10.1. The van der Waals surface area contributed by atoms with Gasteiger partial charge >= 0.3 is 0 Å². The summed E-state index contributed by atoms with van der Waals surface area (Å²) in [5, 5.41) is 0. The molecule has 84 valence electrons. The Bertz CT molecular complexity index is 290. The van der Waals surface area contributed by atoms with E-state index in [9.17, 15) is 4.79 Å². The van der Waals surface area contributed by atoms with Crippen molar-refractivity contribution in [3.63, 3.8) is 0 Å². The van der Waals surface area contributed by atoms with Gasteiger partial charge in [0, 0.05) is 5.92 Å². The number of carbonyl (C=O) groups is 1. The lowest BCUT2D eigenvalue weighted by Crippen LogP contribution is -2.21. The van der Waals surface area contributed by atoms with E-state index >= 15 is 0 Å². The van der Waals surface area contributed by atoms with Gasteiger partial charge in [-0.1, -0.05) is 24.5 Å².